The van der Waals surface area contributed by atoms with E-state index in [0.29, 0.717) is 5.95 Å². The number of anilines is 1. The van der Waals surface area contributed by atoms with E-state index in [-0.39, 0.29) is 23.2 Å². The second-order valence-electron chi connectivity index (χ2n) is 7.83. The number of carbonyl (C=O) groups excluding carboxylic acids is 1. The van der Waals surface area contributed by atoms with Gasteiger partial charge in [0.2, 0.25) is 5.95 Å². The van der Waals surface area contributed by atoms with Gasteiger partial charge in [-0.05, 0) is 47.0 Å². The van der Waals surface area contributed by atoms with Crippen LogP contribution in [-0.2, 0) is 6.54 Å². The molecule has 0 bridgehead atoms. The molecule has 2 heterocycles. The molecule has 1 aromatic rings. The van der Waals surface area contributed by atoms with Crippen LogP contribution in [0.1, 0.15) is 53.9 Å². The fourth-order valence-corrected chi connectivity index (χ4v) is 3.58. The third-order valence-electron chi connectivity index (χ3n) is 4.24. The van der Waals surface area contributed by atoms with Crippen LogP contribution in [0.4, 0.5) is 10.7 Å². The lowest BCUT2D eigenvalue weighted by Gasteiger charge is -2.48. The first-order valence-corrected chi connectivity index (χ1v) is 8.34. The zero-order chi connectivity index (χ0) is 17.3. The van der Waals surface area contributed by atoms with Gasteiger partial charge in [0.15, 0.2) is 0 Å². The van der Waals surface area contributed by atoms with Gasteiger partial charge < -0.3 is 10.2 Å². The highest BCUT2D eigenvalue weighted by Gasteiger charge is 2.40. The average Bonchev–Trinajstić information content (AvgIpc) is 2.82. The van der Waals surface area contributed by atoms with Crippen molar-refractivity contribution in [1.82, 2.24) is 25.0 Å². The van der Waals surface area contributed by atoms with E-state index >= 15 is 0 Å². The van der Waals surface area contributed by atoms with E-state index < -0.39 is 0 Å². The summed E-state index contributed by atoms with van der Waals surface area (Å²) in [7, 11) is 1.85. The summed E-state index contributed by atoms with van der Waals surface area (Å²) in [6, 6.07) is 0.0247. The highest BCUT2D eigenvalue weighted by molar-refractivity contribution is 5.87. The highest BCUT2D eigenvalue weighted by Crippen LogP contribution is 2.31. The van der Waals surface area contributed by atoms with Crippen molar-refractivity contribution in [3.05, 3.63) is 6.33 Å². The Morgan fingerprint density at radius 1 is 1.39 bits per heavy atom. The van der Waals surface area contributed by atoms with Crippen LogP contribution in [0.25, 0.3) is 0 Å². The first-order chi connectivity index (χ1) is 10.6. The van der Waals surface area contributed by atoms with Crippen molar-refractivity contribution in [2.45, 2.75) is 77.5 Å². The standard InChI is InChI=1S/C16H30N6O/c1-7-8-22-11-17-13(19-22)18-14(23)21(6)12-9-15(2,3)20-16(4,5)10-12/h11-12,20H,7-10H2,1-6H3,(H,18,19,23). The topological polar surface area (TPSA) is 75.1 Å². The lowest BCUT2D eigenvalue weighted by atomic mass is 9.79. The van der Waals surface area contributed by atoms with Crippen molar-refractivity contribution in [2.75, 3.05) is 12.4 Å². The molecule has 7 nitrogen and oxygen atoms in total. The molecule has 1 fully saturated rings. The van der Waals surface area contributed by atoms with E-state index in [1.54, 1.807) is 15.9 Å². The van der Waals surface area contributed by atoms with Crippen molar-refractivity contribution < 1.29 is 4.79 Å². The third-order valence-corrected chi connectivity index (χ3v) is 4.24. The minimum absolute atomic E-state index is 0.00190. The van der Waals surface area contributed by atoms with Crippen LogP contribution in [0.2, 0.25) is 0 Å². The van der Waals surface area contributed by atoms with Crippen LogP contribution in [-0.4, -0.2) is 49.9 Å². The Balaban J connectivity index is 2.00. The number of amides is 2. The summed E-state index contributed by atoms with van der Waals surface area (Å²) in [6.45, 7) is 11.6. The Bertz CT molecular complexity index is 535. The molecule has 1 saturated heterocycles. The zero-order valence-corrected chi connectivity index (χ0v) is 15.2. The van der Waals surface area contributed by atoms with Crippen molar-refractivity contribution in [2.24, 2.45) is 0 Å². The number of urea groups is 1. The Morgan fingerprint density at radius 2 is 2.00 bits per heavy atom. The Hall–Kier alpha value is -1.63. The molecule has 2 amide bonds. The minimum atomic E-state index is -0.155. The van der Waals surface area contributed by atoms with E-state index in [0.717, 1.165) is 25.8 Å². The Morgan fingerprint density at radius 3 is 2.57 bits per heavy atom. The molecule has 1 aliphatic rings. The Kier molecular flexibility index (Phi) is 4.98. The summed E-state index contributed by atoms with van der Waals surface area (Å²) in [5.74, 6) is 0.364. The molecule has 0 saturated carbocycles. The molecule has 0 atom stereocenters. The number of aryl methyl sites for hydroxylation is 1. The molecular weight excluding hydrogens is 292 g/mol. The molecule has 2 rings (SSSR count). The maximum absolute atomic E-state index is 12.5. The van der Waals surface area contributed by atoms with Crippen molar-refractivity contribution in [1.29, 1.82) is 0 Å². The third kappa shape index (κ3) is 4.67. The van der Waals surface area contributed by atoms with Gasteiger partial charge in [0.05, 0.1) is 0 Å². The Labute approximate surface area is 138 Å². The van der Waals surface area contributed by atoms with Gasteiger partial charge in [-0.3, -0.25) is 10.00 Å². The molecule has 23 heavy (non-hydrogen) atoms. The predicted molar refractivity (Wildman–Crippen MR) is 91.4 cm³/mol. The normalized spacial score (nSPS) is 20.3. The quantitative estimate of drug-likeness (QED) is 0.893. The van der Waals surface area contributed by atoms with Crippen LogP contribution in [0.15, 0.2) is 6.33 Å². The van der Waals surface area contributed by atoms with Gasteiger partial charge in [-0.1, -0.05) is 6.92 Å². The largest absolute Gasteiger partial charge is 0.324 e. The molecule has 0 radical (unpaired) electrons. The number of hydrogen-bond acceptors (Lipinski definition) is 4. The lowest BCUT2D eigenvalue weighted by molar-refractivity contribution is 0.0987. The van der Waals surface area contributed by atoms with E-state index in [1.165, 1.54) is 0 Å². The highest BCUT2D eigenvalue weighted by atomic mass is 16.2. The van der Waals surface area contributed by atoms with Gasteiger partial charge in [-0.2, -0.15) is 0 Å². The zero-order valence-electron chi connectivity index (χ0n) is 15.2. The van der Waals surface area contributed by atoms with Gasteiger partial charge >= 0.3 is 6.03 Å². The molecule has 1 aliphatic heterocycles. The van der Waals surface area contributed by atoms with Crippen molar-refractivity contribution >= 4 is 12.0 Å². The summed E-state index contributed by atoms with van der Waals surface area (Å²) in [4.78, 5) is 18.4. The fraction of sp³-hybridized carbons (Fsp3) is 0.812. The second kappa shape index (κ2) is 6.47. The van der Waals surface area contributed by atoms with Crippen molar-refractivity contribution in [3.63, 3.8) is 0 Å². The molecule has 0 spiro atoms. The van der Waals surface area contributed by atoms with Crippen LogP contribution in [0, 0.1) is 0 Å². The monoisotopic (exact) mass is 322 g/mol. The first kappa shape index (κ1) is 17.7. The van der Waals surface area contributed by atoms with Gasteiger partial charge in [-0.15, -0.1) is 5.10 Å². The molecule has 1 aromatic heterocycles. The maximum Gasteiger partial charge on any atom is 0.324 e. The van der Waals surface area contributed by atoms with E-state index in [9.17, 15) is 4.79 Å². The molecule has 2 N–H and O–H groups in total. The second-order valence-corrected chi connectivity index (χ2v) is 7.83. The molecule has 130 valence electrons. The van der Waals surface area contributed by atoms with E-state index in [4.69, 9.17) is 0 Å². The summed E-state index contributed by atoms with van der Waals surface area (Å²) in [6.07, 6.45) is 4.46. The minimum Gasteiger partial charge on any atom is -0.324 e. The molecular formula is C16H30N6O. The molecule has 0 aromatic carbocycles. The smallest absolute Gasteiger partial charge is 0.324 e. The number of rotatable bonds is 4. The number of piperidine rings is 1. The molecule has 7 heteroatoms. The number of nitrogens with zero attached hydrogens (tertiary/aromatic N) is 4. The average molecular weight is 322 g/mol. The summed E-state index contributed by atoms with van der Waals surface area (Å²) >= 11 is 0. The number of hydrogen-bond donors (Lipinski definition) is 2. The van der Waals surface area contributed by atoms with Gasteiger partial charge in [0, 0.05) is 30.7 Å². The van der Waals surface area contributed by atoms with Gasteiger partial charge in [0.1, 0.15) is 6.33 Å². The fourth-order valence-electron chi connectivity index (χ4n) is 3.58. The maximum atomic E-state index is 12.5. The number of carbonyl (C=O) groups is 1. The molecule has 0 unspecified atom stereocenters. The molecule has 0 aliphatic carbocycles. The van der Waals surface area contributed by atoms with Crippen LogP contribution < -0.4 is 10.6 Å². The lowest BCUT2D eigenvalue weighted by Crippen LogP contribution is -2.62. The van der Waals surface area contributed by atoms with Gasteiger partial charge in [0.25, 0.3) is 0 Å². The van der Waals surface area contributed by atoms with Crippen molar-refractivity contribution in [3.8, 4) is 0 Å². The summed E-state index contributed by atoms with van der Waals surface area (Å²) in [5.41, 5.74) is 0.00379. The summed E-state index contributed by atoms with van der Waals surface area (Å²) in [5, 5.41) is 10.7. The predicted octanol–water partition coefficient (Wildman–Crippen LogP) is 2.46. The van der Waals surface area contributed by atoms with Gasteiger partial charge in [-0.25, -0.2) is 9.78 Å². The van der Waals surface area contributed by atoms with E-state index in [1.807, 2.05) is 7.05 Å². The number of aromatic nitrogens is 3. The SMILES string of the molecule is CCCn1cnc(NC(=O)N(C)C2CC(C)(C)NC(C)(C)C2)n1. The van der Waals surface area contributed by atoms with Crippen LogP contribution >= 0.6 is 0 Å². The van der Waals surface area contributed by atoms with Crippen LogP contribution in [0.5, 0.6) is 0 Å². The van der Waals surface area contributed by atoms with Crippen LogP contribution in [0.3, 0.4) is 0 Å². The first-order valence-electron chi connectivity index (χ1n) is 8.34. The summed E-state index contributed by atoms with van der Waals surface area (Å²) < 4.78 is 1.74. The van der Waals surface area contributed by atoms with E-state index in [2.05, 4.69) is 55.3 Å². The number of nitrogens with one attached hydrogen (secondary N) is 2.